The molecule has 142 valence electrons. The second kappa shape index (κ2) is 7.99. The van der Waals surface area contributed by atoms with E-state index in [4.69, 9.17) is 4.74 Å². The summed E-state index contributed by atoms with van der Waals surface area (Å²) in [6.07, 6.45) is 5.02. The summed E-state index contributed by atoms with van der Waals surface area (Å²) in [4.78, 5) is 41.3. The zero-order valence-corrected chi connectivity index (χ0v) is 15.2. The number of carbonyl (C=O) groups excluding carboxylic acids is 2. The Morgan fingerprint density at radius 3 is 2.39 bits per heavy atom. The number of benzene rings is 1. The van der Waals surface area contributed by atoms with E-state index in [1.165, 1.54) is 0 Å². The molecule has 0 N–H and O–H groups in total. The van der Waals surface area contributed by atoms with Gasteiger partial charge in [0.25, 0.3) is 5.91 Å². The summed E-state index contributed by atoms with van der Waals surface area (Å²) in [6, 6.07) is 10.7. The monoisotopic (exact) mass is 377 g/mol. The summed E-state index contributed by atoms with van der Waals surface area (Å²) in [6.45, 7) is 2.05. The molecule has 0 bridgehead atoms. The number of anilines is 1. The maximum Gasteiger partial charge on any atom is 0.340 e. The van der Waals surface area contributed by atoms with Crippen LogP contribution < -0.4 is 4.90 Å². The van der Waals surface area contributed by atoms with E-state index < -0.39 is 5.97 Å². The first kappa shape index (κ1) is 17.8. The Labute approximate surface area is 161 Å². The predicted octanol–water partition coefficient (Wildman–Crippen LogP) is 1.53. The number of para-hydroxylation sites is 1. The second-order valence-corrected chi connectivity index (χ2v) is 6.37. The van der Waals surface area contributed by atoms with Crippen LogP contribution in [0.5, 0.6) is 0 Å². The molecule has 1 saturated heterocycles. The Bertz CT molecular complexity index is 982. The highest BCUT2D eigenvalue weighted by atomic mass is 16.5. The molecule has 0 spiro atoms. The van der Waals surface area contributed by atoms with E-state index >= 15 is 0 Å². The molecule has 28 heavy (non-hydrogen) atoms. The number of piperazine rings is 1. The van der Waals surface area contributed by atoms with Gasteiger partial charge in [-0.1, -0.05) is 18.2 Å². The van der Waals surface area contributed by atoms with Gasteiger partial charge < -0.3 is 14.5 Å². The van der Waals surface area contributed by atoms with Gasteiger partial charge >= 0.3 is 5.97 Å². The number of carbonyl (C=O) groups is 2. The molecule has 1 amide bonds. The standard InChI is InChI=1S/C20H19N5O3/c26-17(24-10-12-25(13-11-24)20-22-8-3-9-23-20)14-28-19(27)16-6-1-4-15-5-2-7-21-18(15)16/h1-9H,10-14H2. The fraction of sp³-hybridized carbons (Fsp3) is 0.250. The molecule has 0 radical (unpaired) electrons. The average Bonchev–Trinajstić information content (AvgIpc) is 2.77. The molecular weight excluding hydrogens is 358 g/mol. The van der Waals surface area contributed by atoms with Crippen molar-refractivity contribution in [3.63, 3.8) is 0 Å². The molecule has 8 heteroatoms. The SMILES string of the molecule is O=C(OCC(=O)N1CCN(c2ncccn2)CC1)c1cccc2cccnc12. The molecule has 1 aliphatic rings. The highest BCUT2D eigenvalue weighted by molar-refractivity contribution is 6.03. The van der Waals surface area contributed by atoms with Crippen molar-refractivity contribution in [3.8, 4) is 0 Å². The number of hydrogen-bond acceptors (Lipinski definition) is 7. The van der Waals surface area contributed by atoms with Crippen molar-refractivity contribution in [1.82, 2.24) is 19.9 Å². The summed E-state index contributed by atoms with van der Waals surface area (Å²) in [5, 5.41) is 0.850. The summed E-state index contributed by atoms with van der Waals surface area (Å²) in [5.41, 5.74) is 0.927. The lowest BCUT2D eigenvalue weighted by Crippen LogP contribution is -2.50. The van der Waals surface area contributed by atoms with Crippen molar-refractivity contribution in [2.24, 2.45) is 0 Å². The average molecular weight is 377 g/mol. The van der Waals surface area contributed by atoms with Crippen LogP contribution in [0.1, 0.15) is 10.4 Å². The summed E-state index contributed by atoms with van der Waals surface area (Å²) in [7, 11) is 0. The van der Waals surface area contributed by atoms with Crippen LogP contribution in [0.25, 0.3) is 10.9 Å². The number of esters is 1. The van der Waals surface area contributed by atoms with Crippen molar-refractivity contribution in [2.75, 3.05) is 37.7 Å². The van der Waals surface area contributed by atoms with E-state index in [-0.39, 0.29) is 12.5 Å². The molecule has 0 atom stereocenters. The van der Waals surface area contributed by atoms with Crippen LogP contribution in [-0.2, 0) is 9.53 Å². The van der Waals surface area contributed by atoms with Gasteiger partial charge in [-0.05, 0) is 18.2 Å². The fourth-order valence-corrected chi connectivity index (χ4v) is 3.18. The van der Waals surface area contributed by atoms with Crippen LogP contribution in [0.15, 0.2) is 55.0 Å². The van der Waals surface area contributed by atoms with Crippen LogP contribution in [0.3, 0.4) is 0 Å². The smallest absolute Gasteiger partial charge is 0.340 e. The van der Waals surface area contributed by atoms with Crippen molar-refractivity contribution in [3.05, 3.63) is 60.6 Å². The first-order valence-corrected chi connectivity index (χ1v) is 9.03. The van der Waals surface area contributed by atoms with E-state index in [1.807, 2.05) is 17.0 Å². The van der Waals surface area contributed by atoms with Crippen LogP contribution in [0.2, 0.25) is 0 Å². The molecule has 3 heterocycles. The molecule has 1 aromatic carbocycles. The Morgan fingerprint density at radius 1 is 0.893 bits per heavy atom. The molecule has 2 aromatic heterocycles. The number of rotatable bonds is 4. The van der Waals surface area contributed by atoms with E-state index in [9.17, 15) is 9.59 Å². The fourth-order valence-electron chi connectivity index (χ4n) is 3.18. The number of ether oxygens (including phenoxy) is 1. The van der Waals surface area contributed by atoms with Crippen LogP contribution >= 0.6 is 0 Å². The Kier molecular flexibility index (Phi) is 5.09. The zero-order valence-electron chi connectivity index (χ0n) is 15.2. The molecule has 4 rings (SSSR count). The summed E-state index contributed by atoms with van der Waals surface area (Å²) in [5.74, 6) is -0.103. The normalized spacial score (nSPS) is 14.1. The summed E-state index contributed by atoms with van der Waals surface area (Å²) >= 11 is 0. The number of amides is 1. The van der Waals surface area contributed by atoms with E-state index in [2.05, 4.69) is 15.0 Å². The lowest BCUT2D eigenvalue weighted by molar-refractivity contribution is -0.134. The Balaban J connectivity index is 1.33. The first-order chi connectivity index (χ1) is 13.7. The molecular formula is C20H19N5O3. The number of aromatic nitrogens is 3. The predicted molar refractivity (Wildman–Crippen MR) is 103 cm³/mol. The second-order valence-electron chi connectivity index (χ2n) is 6.37. The van der Waals surface area contributed by atoms with Crippen molar-refractivity contribution in [1.29, 1.82) is 0 Å². The quantitative estimate of drug-likeness (QED) is 0.637. The first-order valence-electron chi connectivity index (χ1n) is 9.03. The maximum absolute atomic E-state index is 12.4. The molecule has 8 nitrogen and oxygen atoms in total. The van der Waals surface area contributed by atoms with Gasteiger partial charge in [0.1, 0.15) is 0 Å². The molecule has 1 aliphatic heterocycles. The summed E-state index contributed by atoms with van der Waals surface area (Å²) < 4.78 is 5.25. The van der Waals surface area contributed by atoms with Gasteiger partial charge in [0.2, 0.25) is 5.95 Å². The lowest BCUT2D eigenvalue weighted by Gasteiger charge is -2.34. The number of pyridine rings is 1. The number of fused-ring (bicyclic) bond motifs is 1. The zero-order chi connectivity index (χ0) is 19.3. The van der Waals surface area contributed by atoms with Crippen molar-refractivity contribution in [2.45, 2.75) is 0 Å². The largest absolute Gasteiger partial charge is 0.452 e. The minimum atomic E-state index is -0.547. The molecule has 0 saturated carbocycles. The molecule has 1 fully saturated rings. The van der Waals surface area contributed by atoms with Gasteiger partial charge in [0, 0.05) is 50.2 Å². The minimum absolute atomic E-state index is 0.213. The number of nitrogens with zero attached hydrogens (tertiary/aromatic N) is 5. The van der Waals surface area contributed by atoms with E-state index in [0.29, 0.717) is 43.2 Å². The van der Waals surface area contributed by atoms with Crippen molar-refractivity contribution >= 4 is 28.7 Å². The number of hydrogen-bond donors (Lipinski definition) is 0. The molecule has 3 aromatic rings. The lowest BCUT2D eigenvalue weighted by atomic mass is 10.1. The molecule has 0 unspecified atom stereocenters. The minimum Gasteiger partial charge on any atom is -0.452 e. The Hall–Kier alpha value is -3.55. The van der Waals surface area contributed by atoms with Crippen molar-refractivity contribution < 1.29 is 14.3 Å². The van der Waals surface area contributed by atoms with Gasteiger partial charge in [0.15, 0.2) is 6.61 Å². The van der Waals surface area contributed by atoms with Gasteiger partial charge in [-0.3, -0.25) is 9.78 Å². The van der Waals surface area contributed by atoms with Crippen LogP contribution in [0.4, 0.5) is 5.95 Å². The van der Waals surface area contributed by atoms with E-state index in [0.717, 1.165) is 5.39 Å². The highest BCUT2D eigenvalue weighted by Crippen LogP contribution is 2.17. The third-order valence-corrected chi connectivity index (χ3v) is 4.65. The van der Waals surface area contributed by atoms with Crippen LogP contribution in [-0.4, -0.2) is 64.5 Å². The maximum atomic E-state index is 12.4. The Morgan fingerprint density at radius 2 is 1.61 bits per heavy atom. The van der Waals surface area contributed by atoms with Gasteiger partial charge in [0.05, 0.1) is 11.1 Å². The third kappa shape index (κ3) is 3.75. The van der Waals surface area contributed by atoms with Gasteiger partial charge in [-0.2, -0.15) is 0 Å². The van der Waals surface area contributed by atoms with Crippen LogP contribution in [0, 0.1) is 0 Å². The van der Waals surface area contributed by atoms with Gasteiger partial charge in [-0.25, -0.2) is 14.8 Å². The highest BCUT2D eigenvalue weighted by Gasteiger charge is 2.23. The molecule has 0 aliphatic carbocycles. The topological polar surface area (TPSA) is 88.5 Å². The van der Waals surface area contributed by atoms with E-state index in [1.54, 1.807) is 47.8 Å². The third-order valence-electron chi connectivity index (χ3n) is 4.65. The van der Waals surface area contributed by atoms with Gasteiger partial charge in [-0.15, -0.1) is 0 Å².